The van der Waals surface area contributed by atoms with Gasteiger partial charge in [-0.3, -0.25) is 4.79 Å². The van der Waals surface area contributed by atoms with E-state index in [4.69, 9.17) is 4.98 Å². The second kappa shape index (κ2) is 10.3. The molecule has 4 nitrogen and oxygen atoms in total. The smallest absolute Gasteiger partial charge is 0.224 e. The van der Waals surface area contributed by atoms with Crippen molar-refractivity contribution in [1.82, 2.24) is 14.9 Å². The van der Waals surface area contributed by atoms with Crippen LogP contribution in [0.4, 0.5) is 0 Å². The Labute approximate surface area is 190 Å². The second-order valence-electron chi connectivity index (χ2n) is 8.48. The molecule has 0 fully saturated rings. The van der Waals surface area contributed by atoms with Crippen LogP contribution < -0.4 is 5.32 Å². The first-order chi connectivity index (χ1) is 15.6. The number of carbonyl (C=O) groups excluding carboxylic acids is 1. The third-order valence-electron chi connectivity index (χ3n) is 6.02. The van der Waals surface area contributed by atoms with Crippen LogP contribution in [0, 0.1) is 5.92 Å². The van der Waals surface area contributed by atoms with Crippen LogP contribution in [-0.4, -0.2) is 22.0 Å². The minimum Gasteiger partial charge on any atom is -0.355 e. The summed E-state index contributed by atoms with van der Waals surface area (Å²) >= 11 is 0. The van der Waals surface area contributed by atoms with Gasteiger partial charge in [0.25, 0.3) is 0 Å². The van der Waals surface area contributed by atoms with Gasteiger partial charge in [0, 0.05) is 19.5 Å². The zero-order chi connectivity index (χ0) is 22.3. The molecule has 1 aromatic heterocycles. The van der Waals surface area contributed by atoms with Crippen LogP contribution in [0.15, 0.2) is 78.9 Å². The van der Waals surface area contributed by atoms with Crippen LogP contribution >= 0.6 is 0 Å². The number of rotatable bonds is 9. The van der Waals surface area contributed by atoms with Gasteiger partial charge in [0.1, 0.15) is 5.82 Å². The topological polar surface area (TPSA) is 46.9 Å². The summed E-state index contributed by atoms with van der Waals surface area (Å²) in [7, 11) is 0. The predicted octanol–water partition coefficient (Wildman–Crippen LogP) is 5.65. The highest BCUT2D eigenvalue weighted by Gasteiger charge is 2.13. The molecule has 0 bridgehead atoms. The van der Waals surface area contributed by atoms with Crippen molar-refractivity contribution in [2.24, 2.45) is 5.92 Å². The van der Waals surface area contributed by atoms with Crippen LogP contribution in [0.5, 0.6) is 0 Å². The van der Waals surface area contributed by atoms with Crippen LogP contribution in [0.1, 0.15) is 31.7 Å². The van der Waals surface area contributed by atoms with E-state index in [9.17, 15) is 4.79 Å². The van der Waals surface area contributed by atoms with Crippen molar-refractivity contribution < 1.29 is 4.79 Å². The predicted molar refractivity (Wildman–Crippen MR) is 131 cm³/mol. The van der Waals surface area contributed by atoms with E-state index in [1.54, 1.807) is 0 Å². The molecule has 1 unspecified atom stereocenters. The van der Waals surface area contributed by atoms with Gasteiger partial charge in [-0.25, -0.2) is 4.98 Å². The van der Waals surface area contributed by atoms with Crippen molar-refractivity contribution in [2.75, 3.05) is 6.54 Å². The number of carbonyl (C=O) groups is 1. The monoisotopic (exact) mass is 425 g/mol. The normalized spacial score (nSPS) is 12.1. The minimum atomic E-state index is 0.0436. The first-order valence-corrected chi connectivity index (χ1v) is 11.5. The number of benzene rings is 3. The summed E-state index contributed by atoms with van der Waals surface area (Å²) in [5, 5.41) is 3.07. The Morgan fingerprint density at radius 3 is 2.38 bits per heavy atom. The Morgan fingerprint density at radius 1 is 0.938 bits per heavy atom. The van der Waals surface area contributed by atoms with Gasteiger partial charge in [0.15, 0.2) is 0 Å². The summed E-state index contributed by atoms with van der Waals surface area (Å²) in [6.07, 6.45) is 2.24. The van der Waals surface area contributed by atoms with Crippen molar-refractivity contribution in [1.29, 1.82) is 0 Å². The number of nitrogens with zero attached hydrogens (tertiary/aromatic N) is 2. The average Bonchev–Trinajstić information content (AvgIpc) is 3.17. The van der Waals surface area contributed by atoms with Crippen molar-refractivity contribution in [3.63, 3.8) is 0 Å². The number of nitrogens with one attached hydrogen (secondary N) is 1. The van der Waals surface area contributed by atoms with E-state index in [2.05, 4.69) is 66.2 Å². The van der Waals surface area contributed by atoms with Crippen molar-refractivity contribution in [3.05, 3.63) is 90.3 Å². The lowest BCUT2D eigenvalue weighted by Gasteiger charge is -2.14. The summed E-state index contributed by atoms with van der Waals surface area (Å²) in [5.41, 5.74) is 5.56. The Hall–Kier alpha value is -3.40. The number of aromatic nitrogens is 2. The molecule has 0 aliphatic carbocycles. The van der Waals surface area contributed by atoms with Gasteiger partial charge < -0.3 is 9.88 Å². The fourth-order valence-corrected chi connectivity index (χ4v) is 3.97. The van der Waals surface area contributed by atoms with Crippen LogP contribution in [0.25, 0.3) is 22.2 Å². The molecule has 0 aliphatic heterocycles. The Morgan fingerprint density at radius 2 is 1.62 bits per heavy atom. The molecular formula is C28H31N3O. The third-order valence-corrected chi connectivity index (χ3v) is 6.02. The highest BCUT2D eigenvalue weighted by molar-refractivity contribution is 5.79. The maximum Gasteiger partial charge on any atom is 0.224 e. The second-order valence-corrected chi connectivity index (χ2v) is 8.48. The first kappa shape index (κ1) is 21.8. The minimum absolute atomic E-state index is 0.0436. The standard InChI is InChI=1S/C28H31N3O/c1-3-21(2)20-31-26-12-8-7-11-25(26)30-27(31)17-18-29-28(32)19-22-13-15-24(16-14-22)23-9-5-4-6-10-23/h4-16,21H,3,17-20H2,1-2H3,(H,29,32). The molecule has 1 amide bonds. The zero-order valence-corrected chi connectivity index (χ0v) is 18.9. The SMILES string of the molecule is CCC(C)Cn1c(CCNC(=O)Cc2ccc(-c3ccccc3)cc2)nc2ccccc21. The Bertz CT molecular complexity index is 1160. The molecule has 0 radical (unpaired) electrons. The quantitative estimate of drug-likeness (QED) is 0.377. The first-order valence-electron chi connectivity index (χ1n) is 11.5. The van der Waals surface area contributed by atoms with Gasteiger partial charge in [0.2, 0.25) is 5.91 Å². The molecular weight excluding hydrogens is 394 g/mol. The van der Waals surface area contributed by atoms with Crippen molar-refractivity contribution in [3.8, 4) is 11.1 Å². The Balaban J connectivity index is 1.35. The molecule has 4 rings (SSSR count). The summed E-state index contributed by atoms with van der Waals surface area (Å²) < 4.78 is 2.32. The lowest BCUT2D eigenvalue weighted by Crippen LogP contribution is -2.28. The third kappa shape index (κ3) is 5.25. The summed E-state index contributed by atoms with van der Waals surface area (Å²) in [6, 6.07) is 26.8. The van der Waals surface area contributed by atoms with Crippen LogP contribution in [0.2, 0.25) is 0 Å². The number of imidazole rings is 1. The van der Waals surface area contributed by atoms with E-state index in [1.807, 2.05) is 36.4 Å². The summed E-state index contributed by atoms with van der Waals surface area (Å²) in [6.45, 7) is 6.03. The average molecular weight is 426 g/mol. The van der Waals surface area contributed by atoms with Crippen LogP contribution in [-0.2, 0) is 24.2 Å². The summed E-state index contributed by atoms with van der Waals surface area (Å²) in [5.74, 6) is 1.67. The summed E-state index contributed by atoms with van der Waals surface area (Å²) in [4.78, 5) is 17.3. The fourth-order valence-electron chi connectivity index (χ4n) is 3.97. The van der Waals surface area contributed by atoms with Gasteiger partial charge >= 0.3 is 0 Å². The molecule has 0 aliphatic rings. The lowest BCUT2D eigenvalue weighted by atomic mass is 10.0. The molecule has 4 heteroatoms. The molecule has 4 aromatic rings. The zero-order valence-electron chi connectivity index (χ0n) is 18.9. The van der Waals surface area contributed by atoms with E-state index >= 15 is 0 Å². The van der Waals surface area contributed by atoms with E-state index < -0.39 is 0 Å². The molecule has 32 heavy (non-hydrogen) atoms. The maximum absolute atomic E-state index is 12.5. The molecule has 0 saturated heterocycles. The molecule has 3 aromatic carbocycles. The van der Waals surface area contributed by atoms with Gasteiger partial charge in [-0.2, -0.15) is 0 Å². The Kier molecular flexibility index (Phi) is 7.00. The molecule has 1 heterocycles. The van der Waals surface area contributed by atoms with Gasteiger partial charge in [-0.1, -0.05) is 87.0 Å². The van der Waals surface area contributed by atoms with Crippen LogP contribution in [0.3, 0.4) is 0 Å². The van der Waals surface area contributed by atoms with Gasteiger partial charge in [0.05, 0.1) is 17.5 Å². The van der Waals surface area contributed by atoms with E-state index in [-0.39, 0.29) is 5.91 Å². The number of hydrogen-bond donors (Lipinski definition) is 1. The van der Waals surface area contributed by atoms with Gasteiger partial charge in [-0.05, 0) is 34.7 Å². The van der Waals surface area contributed by atoms with E-state index in [0.717, 1.165) is 41.9 Å². The van der Waals surface area contributed by atoms with Gasteiger partial charge in [-0.15, -0.1) is 0 Å². The van der Waals surface area contributed by atoms with E-state index in [1.165, 1.54) is 11.1 Å². The molecule has 1 N–H and O–H groups in total. The van der Waals surface area contributed by atoms with E-state index in [0.29, 0.717) is 18.9 Å². The largest absolute Gasteiger partial charge is 0.355 e. The number of hydrogen-bond acceptors (Lipinski definition) is 2. The molecule has 0 spiro atoms. The number of amides is 1. The van der Waals surface area contributed by atoms with Crippen molar-refractivity contribution in [2.45, 2.75) is 39.7 Å². The van der Waals surface area contributed by atoms with Crippen molar-refractivity contribution >= 4 is 16.9 Å². The lowest BCUT2D eigenvalue weighted by molar-refractivity contribution is -0.120. The molecule has 0 saturated carbocycles. The molecule has 164 valence electrons. The number of fused-ring (bicyclic) bond motifs is 1. The number of para-hydroxylation sites is 2. The molecule has 1 atom stereocenters. The fraction of sp³-hybridized carbons (Fsp3) is 0.286. The highest BCUT2D eigenvalue weighted by Crippen LogP contribution is 2.20. The maximum atomic E-state index is 12.5. The highest BCUT2D eigenvalue weighted by atomic mass is 16.1.